The van der Waals surface area contributed by atoms with Gasteiger partial charge in [-0.1, -0.05) is 30.3 Å². The fraction of sp³-hybridized carbons (Fsp3) is 0.286. The van der Waals surface area contributed by atoms with Gasteiger partial charge in [-0.05, 0) is 24.3 Å². The van der Waals surface area contributed by atoms with Crippen LogP contribution < -0.4 is 20.7 Å². The maximum atomic E-state index is 11.8. The third-order valence-electron chi connectivity index (χ3n) is 3.89. The molecule has 8 nitrogen and oxygen atoms in total. The van der Waals surface area contributed by atoms with Gasteiger partial charge in [0.2, 0.25) is 5.91 Å². The molecule has 0 bridgehead atoms. The summed E-state index contributed by atoms with van der Waals surface area (Å²) < 4.78 is 5.45. The summed E-state index contributed by atoms with van der Waals surface area (Å²) in [6.07, 6.45) is -0.761. The lowest BCUT2D eigenvalue weighted by atomic mass is 10.2. The number of para-hydroxylation sites is 1. The zero-order valence-electron chi connectivity index (χ0n) is 15.9. The van der Waals surface area contributed by atoms with E-state index in [0.717, 1.165) is 0 Å². The number of amides is 2. The molecular formula is C21H24N4O4. The molecule has 8 heteroatoms. The number of aliphatic hydroxyl groups is 1. The number of carbonyl (C=O) groups excluding carboxylic acids is 2. The van der Waals surface area contributed by atoms with Crippen molar-refractivity contribution in [2.75, 3.05) is 32.8 Å². The fourth-order valence-corrected chi connectivity index (χ4v) is 2.40. The van der Waals surface area contributed by atoms with Gasteiger partial charge in [-0.2, -0.15) is 5.26 Å². The Labute approximate surface area is 169 Å². The van der Waals surface area contributed by atoms with E-state index in [2.05, 4.69) is 16.0 Å². The predicted molar refractivity (Wildman–Crippen MR) is 107 cm³/mol. The van der Waals surface area contributed by atoms with Crippen LogP contribution in [0.3, 0.4) is 0 Å². The summed E-state index contributed by atoms with van der Waals surface area (Å²) in [5.74, 6) is -0.174. The van der Waals surface area contributed by atoms with Crippen molar-refractivity contribution in [1.29, 1.82) is 5.26 Å². The monoisotopic (exact) mass is 396 g/mol. The number of nitrogens with zero attached hydrogens (tertiary/aromatic N) is 1. The molecule has 0 aromatic heterocycles. The predicted octanol–water partition coefficient (Wildman–Crippen LogP) is 0.434. The van der Waals surface area contributed by atoms with Crippen LogP contribution in [0.5, 0.6) is 5.75 Å². The van der Waals surface area contributed by atoms with E-state index in [-0.39, 0.29) is 31.5 Å². The van der Waals surface area contributed by atoms with Gasteiger partial charge in [0.1, 0.15) is 24.5 Å². The number of hydrogen-bond donors (Lipinski definition) is 4. The fourth-order valence-electron chi connectivity index (χ4n) is 2.40. The molecule has 2 aromatic carbocycles. The van der Waals surface area contributed by atoms with Crippen molar-refractivity contribution in [2.45, 2.75) is 6.10 Å². The van der Waals surface area contributed by atoms with Crippen molar-refractivity contribution >= 4 is 11.8 Å². The van der Waals surface area contributed by atoms with Gasteiger partial charge in [-0.15, -0.1) is 0 Å². The van der Waals surface area contributed by atoms with E-state index in [9.17, 15) is 14.7 Å². The zero-order chi connectivity index (χ0) is 20.9. The summed E-state index contributed by atoms with van der Waals surface area (Å²) in [4.78, 5) is 23.6. The highest BCUT2D eigenvalue weighted by Crippen LogP contribution is 2.16. The number of nitriles is 1. The van der Waals surface area contributed by atoms with Crippen LogP contribution in [-0.2, 0) is 4.79 Å². The second kappa shape index (κ2) is 12.1. The Kier molecular flexibility index (Phi) is 9.15. The number of ether oxygens (including phenoxy) is 1. The van der Waals surface area contributed by atoms with Crippen LogP contribution in [0.25, 0.3) is 0 Å². The van der Waals surface area contributed by atoms with Gasteiger partial charge in [-0.3, -0.25) is 9.59 Å². The maximum Gasteiger partial charge on any atom is 0.251 e. The van der Waals surface area contributed by atoms with Gasteiger partial charge in [0.05, 0.1) is 12.1 Å². The van der Waals surface area contributed by atoms with Crippen molar-refractivity contribution in [3.8, 4) is 11.8 Å². The lowest BCUT2D eigenvalue weighted by molar-refractivity contribution is -0.120. The minimum atomic E-state index is -0.761. The van der Waals surface area contributed by atoms with Gasteiger partial charge < -0.3 is 25.8 Å². The summed E-state index contributed by atoms with van der Waals surface area (Å²) >= 11 is 0. The third kappa shape index (κ3) is 8.01. The van der Waals surface area contributed by atoms with Crippen LogP contribution in [0.1, 0.15) is 15.9 Å². The molecule has 0 saturated heterocycles. The number of aliphatic hydroxyl groups excluding tert-OH is 1. The van der Waals surface area contributed by atoms with E-state index in [1.807, 2.05) is 12.1 Å². The molecule has 0 heterocycles. The van der Waals surface area contributed by atoms with Gasteiger partial charge in [0.15, 0.2) is 0 Å². The standard InChI is InChI=1S/C21H24N4O4/c22-12-17-8-4-5-9-19(17)29-15-18(26)13-23-10-11-24-20(27)14-25-21(28)16-6-2-1-3-7-16/h1-9,18,23,26H,10-11,13-15H2,(H,24,27)(H,25,28). The first kappa shape index (κ1) is 21.9. The van der Waals surface area contributed by atoms with Crippen LogP contribution in [0.4, 0.5) is 0 Å². The molecule has 0 fully saturated rings. The maximum absolute atomic E-state index is 11.8. The molecule has 0 saturated carbocycles. The van der Waals surface area contributed by atoms with Crippen molar-refractivity contribution in [3.63, 3.8) is 0 Å². The van der Waals surface area contributed by atoms with Crippen molar-refractivity contribution in [2.24, 2.45) is 0 Å². The first-order valence-corrected chi connectivity index (χ1v) is 9.21. The second-order valence-electron chi connectivity index (χ2n) is 6.18. The Hall–Kier alpha value is -3.41. The number of benzene rings is 2. The van der Waals surface area contributed by atoms with E-state index < -0.39 is 6.10 Å². The Balaban J connectivity index is 1.54. The van der Waals surface area contributed by atoms with Crippen molar-refractivity contribution in [1.82, 2.24) is 16.0 Å². The lowest BCUT2D eigenvalue weighted by Gasteiger charge is -2.14. The van der Waals surface area contributed by atoms with Gasteiger partial charge >= 0.3 is 0 Å². The largest absolute Gasteiger partial charge is 0.489 e. The van der Waals surface area contributed by atoms with Crippen LogP contribution >= 0.6 is 0 Å². The number of carbonyl (C=O) groups is 2. The van der Waals surface area contributed by atoms with Crippen LogP contribution in [0.15, 0.2) is 54.6 Å². The second-order valence-corrected chi connectivity index (χ2v) is 6.18. The minimum Gasteiger partial charge on any atom is -0.489 e. The summed E-state index contributed by atoms with van der Waals surface area (Å²) in [6.45, 7) is 1.01. The number of nitrogens with one attached hydrogen (secondary N) is 3. The van der Waals surface area contributed by atoms with Gasteiger partial charge in [-0.25, -0.2) is 0 Å². The Morgan fingerprint density at radius 1 is 1.03 bits per heavy atom. The molecule has 152 valence electrons. The zero-order valence-corrected chi connectivity index (χ0v) is 15.9. The molecule has 0 spiro atoms. The SMILES string of the molecule is N#Cc1ccccc1OCC(O)CNCCNC(=O)CNC(=O)c1ccccc1. The summed E-state index contributed by atoms with van der Waals surface area (Å²) in [5, 5.41) is 27.1. The minimum absolute atomic E-state index is 0.0452. The van der Waals surface area contributed by atoms with Crippen molar-refractivity contribution in [3.05, 3.63) is 65.7 Å². The normalized spacial score (nSPS) is 11.2. The molecule has 2 rings (SSSR count). The Bertz CT molecular complexity index is 836. The lowest BCUT2D eigenvalue weighted by Crippen LogP contribution is -2.41. The average molecular weight is 396 g/mol. The first-order valence-electron chi connectivity index (χ1n) is 9.21. The number of hydrogen-bond acceptors (Lipinski definition) is 6. The molecule has 2 amide bonds. The molecule has 2 aromatic rings. The molecule has 1 unspecified atom stereocenters. The average Bonchev–Trinajstić information content (AvgIpc) is 2.76. The highest BCUT2D eigenvalue weighted by Gasteiger charge is 2.09. The van der Waals surface area contributed by atoms with Crippen LogP contribution in [-0.4, -0.2) is 55.8 Å². The molecule has 0 aliphatic carbocycles. The molecule has 0 radical (unpaired) electrons. The molecule has 29 heavy (non-hydrogen) atoms. The quantitative estimate of drug-likeness (QED) is 0.409. The smallest absolute Gasteiger partial charge is 0.251 e. The van der Waals surface area contributed by atoms with E-state index >= 15 is 0 Å². The van der Waals surface area contributed by atoms with Crippen molar-refractivity contribution < 1.29 is 19.4 Å². The number of rotatable bonds is 11. The Morgan fingerprint density at radius 3 is 2.52 bits per heavy atom. The molecule has 0 aliphatic heterocycles. The van der Waals surface area contributed by atoms with Gasteiger partial charge in [0, 0.05) is 25.2 Å². The summed E-state index contributed by atoms with van der Waals surface area (Å²) in [5.41, 5.74) is 0.908. The van der Waals surface area contributed by atoms with Crippen LogP contribution in [0.2, 0.25) is 0 Å². The third-order valence-corrected chi connectivity index (χ3v) is 3.89. The summed E-state index contributed by atoms with van der Waals surface area (Å²) in [7, 11) is 0. The first-order chi connectivity index (χ1) is 14.1. The molecular weight excluding hydrogens is 372 g/mol. The topological polar surface area (TPSA) is 123 Å². The van der Waals surface area contributed by atoms with E-state index in [1.165, 1.54) is 0 Å². The molecule has 1 atom stereocenters. The Morgan fingerprint density at radius 2 is 1.76 bits per heavy atom. The van der Waals surface area contributed by atoms with E-state index in [1.54, 1.807) is 48.5 Å². The highest BCUT2D eigenvalue weighted by atomic mass is 16.5. The highest BCUT2D eigenvalue weighted by molar-refractivity contribution is 5.96. The summed E-state index contributed by atoms with van der Waals surface area (Å²) in [6, 6.07) is 17.5. The van der Waals surface area contributed by atoms with E-state index in [0.29, 0.717) is 30.0 Å². The van der Waals surface area contributed by atoms with Gasteiger partial charge in [0.25, 0.3) is 5.91 Å². The van der Waals surface area contributed by atoms with Crippen LogP contribution in [0, 0.1) is 11.3 Å². The molecule has 4 N–H and O–H groups in total. The molecule has 0 aliphatic rings. The van der Waals surface area contributed by atoms with E-state index in [4.69, 9.17) is 10.00 Å².